The molecule has 0 saturated carbocycles. The highest BCUT2D eigenvalue weighted by molar-refractivity contribution is 7.09. The van der Waals surface area contributed by atoms with Crippen LogP contribution < -0.4 is 0 Å². The molecule has 0 aliphatic rings. The average Bonchev–Trinajstić information content (AvgIpc) is 3.17. The number of rotatable bonds is 5. The van der Waals surface area contributed by atoms with Crippen LogP contribution in [0.2, 0.25) is 0 Å². The van der Waals surface area contributed by atoms with Gasteiger partial charge in [0, 0.05) is 43.2 Å². The maximum Gasteiger partial charge on any atom is 0.273 e. The van der Waals surface area contributed by atoms with Crippen molar-refractivity contribution in [2.45, 2.75) is 13.0 Å². The smallest absolute Gasteiger partial charge is 0.273 e. The number of pyridine rings is 1. The quantitative estimate of drug-likeness (QED) is 0.515. The number of aromatic nitrogens is 2. The third-order valence-corrected chi connectivity index (χ3v) is 5.34. The fourth-order valence-electron chi connectivity index (χ4n) is 3.11. The van der Waals surface area contributed by atoms with Crippen molar-refractivity contribution in [3.63, 3.8) is 0 Å². The van der Waals surface area contributed by atoms with E-state index in [1.165, 1.54) is 16.9 Å². The van der Waals surface area contributed by atoms with Crippen molar-refractivity contribution in [2.75, 3.05) is 7.05 Å². The Labute approximate surface area is 162 Å². The number of hydrogen-bond donors (Lipinski definition) is 0. The molecule has 0 fully saturated rings. The molecule has 0 bridgehead atoms. The maximum atomic E-state index is 12.8. The molecule has 27 heavy (non-hydrogen) atoms. The summed E-state index contributed by atoms with van der Waals surface area (Å²) in [5.41, 5.74) is 2.81. The number of benzene rings is 2. The number of hydrogen-bond acceptors (Lipinski definition) is 4. The Kier molecular flexibility index (Phi) is 4.94. The molecule has 4 aromatic rings. The molecule has 0 aliphatic carbocycles. The van der Waals surface area contributed by atoms with E-state index in [0.717, 1.165) is 27.8 Å². The van der Waals surface area contributed by atoms with Gasteiger partial charge in [0.1, 0.15) is 5.69 Å². The zero-order valence-corrected chi connectivity index (χ0v) is 15.8. The SMILES string of the molecule is CN(Cc1cccc2cnccc12)C(=O)c1csc(Cc2ccccc2)n1. The number of carbonyl (C=O) groups is 1. The molecular formula is C22H19N3OS. The lowest BCUT2D eigenvalue weighted by molar-refractivity contribution is 0.0780. The van der Waals surface area contributed by atoms with Crippen LogP contribution in [0.4, 0.5) is 0 Å². The molecule has 4 rings (SSSR count). The third kappa shape index (κ3) is 3.88. The summed E-state index contributed by atoms with van der Waals surface area (Å²) in [4.78, 5) is 23.2. The van der Waals surface area contributed by atoms with E-state index < -0.39 is 0 Å². The normalized spacial score (nSPS) is 10.9. The van der Waals surface area contributed by atoms with Crippen LogP contribution in [0.25, 0.3) is 10.8 Å². The number of amides is 1. The first kappa shape index (κ1) is 17.4. The minimum absolute atomic E-state index is 0.0587. The molecule has 0 saturated heterocycles. The minimum atomic E-state index is -0.0587. The molecule has 1 amide bonds. The third-order valence-electron chi connectivity index (χ3n) is 4.49. The van der Waals surface area contributed by atoms with Crippen LogP contribution >= 0.6 is 11.3 Å². The highest BCUT2D eigenvalue weighted by atomic mass is 32.1. The van der Waals surface area contributed by atoms with Gasteiger partial charge in [-0.2, -0.15) is 0 Å². The zero-order valence-electron chi connectivity index (χ0n) is 15.0. The van der Waals surface area contributed by atoms with Gasteiger partial charge in [-0.25, -0.2) is 4.98 Å². The van der Waals surface area contributed by atoms with E-state index in [4.69, 9.17) is 0 Å². The molecule has 2 aromatic carbocycles. The van der Waals surface area contributed by atoms with Gasteiger partial charge in [-0.3, -0.25) is 9.78 Å². The predicted molar refractivity (Wildman–Crippen MR) is 109 cm³/mol. The molecule has 0 radical (unpaired) electrons. The second kappa shape index (κ2) is 7.68. The van der Waals surface area contributed by atoms with Gasteiger partial charge in [-0.05, 0) is 22.6 Å². The number of fused-ring (bicyclic) bond motifs is 1. The summed E-state index contributed by atoms with van der Waals surface area (Å²) in [6.07, 6.45) is 4.37. The van der Waals surface area contributed by atoms with E-state index >= 15 is 0 Å². The van der Waals surface area contributed by atoms with Gasteiger partial charge in [0.15, 0.2) is 0 Å². The Hall–Kier alpha value is -3.05. The van der Waals surface area contributed by atoms with Gasteiger partial charge in [0.2, 0.25) is 0 Å². The summed E-state index contributed by atoms with van der Waals surface area (Å²) in [5.74, 6) is -0.0587. The van der Waals surface area contributed by atoms with Crippen molar-refractivity contribution in [3.8, 4) is 0 Å². The summed E-state index contributed by atoms with van der Waals surface area (Å²) >= 11 is 1.53. The highest BCUT2D eigenvalue weighted by Crippen LogP contribution is 2.20. The van der Waals surface area contributed by atoms with Crippen molar-refractivity contribution in [2.24, 2.45) is 0 Å². The van der Waals surface area contributed by atoms with Gasteiger partial charge in [-0.15, -0.1) is 11.3 Å². The first-order chi connectivity index (χ1) is 13.2. The van der Waals surface area contributed by atoms with E-state index in [1.54, 1.807) is 11.1 Å². The summed E-state index contributed by atoms with van der Waals surface area (Å²) in [5, 5.41) is 5.00. The topological polar surface area (TPSA) is 46.1 Å². The van der Waals surface area contributed by atoms with Crippen molar-refractivity contribution < 1.29 is 4.79 Å². The minimum Gasteiger partial charge on any atom is -0.336 e. The Morgan fingerprint density at radius 1 is 1.07 bits per heavy atom. The molecule has 2 aromatic heterocycles. The lowest BCUT2D eigenvalue weighted by Gasteiger charge is -2.17. The standard InChI is InChI=1S/C22H19N3OS/c1-25(14-18-9-5-8-17-13-23-11-10-19(17)18)22(26)20-15-27-21(24-20)12-16-6-3-2-4-7-16/h2-11,13,15H,12,14H2,1H3. The summed E-state index contributed by atoms with van der Waals surface area (Å²) < 4.78 is 0. The lowest BCUT2D eigenvalue weighted by atomic mass is 10.1. The first-order valence-electron chi connectivity index (χ1n) is 8.76. The van der Waals surface area contributed by atoms with E-state index in [1.807, 2.05) is 61.1 Å². The van der Waals surface area contributed by atoms with Crippen LogP contribution in [0.15, 0.2) is 72.4 Å². The Bertz CT molecular complexity index is 1070. The molecule has 5 heteroatoms. The van der Waals surface area contributed by atoms with Gasteiger partial charge < -0.3 is 4.90 Å². The van der Waals surface area contributed by atoms with Crippen LogP contribution in [-0.4, -0.2) is 27.8 Å². The van der Waals surface area contributed by atoms with Crippen molar-refractivity contribution in [1.29, 1.82) is 0 Å². The molecule has 4 nitrogen and oxygen atoms in total. The Morgan fingerprint density at radius 2 is 1.93 bits per heavy atom. The molecule has 0 aliphatic heterocycles. The van der Waals surface area contributed by atoms with Gasteiger partial charge >= 0.3 is 0 Å². The van der Waals surface area contributed by atoms with Crippen molar-refractivity contribution >= 4 is 28.0 Å². The Morgan fingerprint density at radius 3 is 2.78 bits per heavy atom. The van der Waals surface area contributed by atoms with Crippen LogP contribution in [0.5, 0.6) is 0 Å². The first-order valence-corrected chi connectivity index (χ1v) is 9.64. The summed E-state index contributed by atoms with van der Waals surface area (Å²) in [6, 6.07) is 18.2. The van der Waals surface area contributed by atoms with Gasteiger partial charge in [0.05, 0.1) is 5.01 Å². The van der Waals surface area contributed by atoms with Gasteiger partial charge in [0.25, 0.3) is 5.91 Å². The van der Waals surface area contributed by atoms with Crippen molar-refractivity contribution in [3.05, 3.63) is 94.2 Å². The van der Waals surface area contributed by atoms with Crippen LogP contribution in [0.1, 0.15) is 26.6 Å². The summed E-state index contributed by atoms with van der Waals surface area (Å²) in [6.45, 7) is 0.533. The lowest BCUT2D eigenvalue weighted by Crippen LogP contribution is -2.26. The van der Waals surface area contributed by atoms with E-state index in [0.29, 0.717) is 12.2 Å². The van der Waals surface area contributed by atoms with Crippen LogP contribution in [-0.2, 0) is 13.0 Å². The van der Waals surface area contributed by atoms with E-state index in [-0.39, 0.29) is 5.91 Å². The molecule has 0 N–H and O–H groups in total. The monoisotopic (exact) mass is 373 g/mol. The number of nitrogens with zero attached hydrogens (tertiary/aromatic N) is 3. The van der Waals surface area contributed by atoms with E-state index in [9.17, 15) is 4.79 Å². The second-order valence-corrected chi connectivity index (χ2v) is 7.41. The molecule has 0 unspecified atom stereocenters. The second-order valence-electron chi connectivity index (χ2n) is 6.46. The highest BCUT2D eigenvalue weighted by Gasteiger charge is 2.16. The summed E-state index contributed by atoms with van der Waals surface area (Å²) in [7, 11) is 1.82. The van der Waals surface area contributed by atoms with E-state index in [2.05, 4.69) is 22.1 Å². The Balaban J connectivity index is 1.49. The molecular weight excluding hydrogens is 354 g/mol. The maximum absolute atomic E-state index is 12.8. The number of carbonyl (C=O) groups excluding carboxylic acids is 1. The zero-order chi connectivity index (χ0) is 18.6. The fraction of sp³-hybridized carbons (Fsp3) is 0.136. The largest absolute Gasteiger partial charge is 0.336 e. The molecule has 134 valence electrons. The van der Waals surface area contributed by atoms with Crippen LogP contribution in [0.3, 0.4) is 0 Å². The molecule has 0 atom stereocenters. The van der Waals surface area contributed by atoms with Crippen molar-refractivity contribution in [1.82, 2.24) is 14.9 Å². The number of thiazole rings is 1. The predicted octanol–water partition coefficient (Wildman–Crippen LogP) is 4.55. The fourth-order valence-corrected chi connectivity index (χ4v) is 3.91. The van der Waals surface area contributed by atoms with Crippen LogP contribution in [0, 0.1) is 0 Å². The van der Waals surface area contributed by atoms with Gasteiger partial charge in [-0.1, -0.05) is 48.5 Å². The molecule has 2 heterocycles. The average molecular weight is 373 g/mol. The molecule has 0 spiro atoms.